The highest BCUT2D eigenvalue weighted by Gasteiger charge is 2.29. The molecule has 19 heavy (non-hydrogen) atoms. The number of para-hydroxylation sites is 1. The van der Waals surface area contributed by atoms with E-state index >= 15 is 0 Å². The van der Waals surface area contributed by atoms with Crippen LogP contribution in [0.4, 0.5) is 0 Å². The van der Waals surface area contributed by atoms with E-state index in [1.54, 1.807) is 0 Å². The summed E-state index contributed by atoms with van der Waals surface area (Å²) >= 11 is 0. The molecule has 1 saturated carbocycles. The molecule has 0 aromatic heterocycles. The maximum atomic E-state index is 6.36. The fourth-order valence-corrected chi connectivity index (χ4v) is 3.14. The first kappa shape index (κ1) is 12.9. The van der Waals surface area contributed by atoms with Crippen molar-refractivity contribution in [3.05, 3.63) is 29.8 Å². The van der Waals surface area contributed by atoms with Crippen molar-refractivity contribution in [3.8, 4) is 5.75 Å². The van der Waals surface area contributed by atoms with Gasteiger partial charge in [-0.2, -0.15) is 0 Å². The van der Waals surface area contributed by atoms with E-state index in [0.717, 1.165) is 25.0 Å². The Morgan fingerprint density at radius 2 is 2.00 bits per heavy atom. The first-order valence-corrected chi connectivity index (χ1v) is 7.36. The molecule has 0 radical (unpaired) electrons. The van der Waals surface area contributed by atoms with Crippen LogP contribution in [0.2, 0.25) is 0 Å². The van der Waals surface area contributed by atoms with Crippen molar-refractivity contribution in [1.29, 1.82) is 0 Å². The Hall–Kier alpha value is -1.06. The monoisotopic (exact) mass is 261 g/mol. The van der Waals surface area contributed by atoms with E-state index in [9.17, 15) is 0 Å². The highest BCUT2D eigenvalue weighted by atomic mass is 16.5. The fourth-order valence-electron chi connectivity index (χ4n) is 3.14. The molecular weight excluding hydrogens is 238 g/mol. The standard InChI is InChI=1S/C16H23NO2/c17-16(8-4-1-5-9-16)12-18-11-14-10-13-6-2-3-7-15(13)19-14/h2-3,6-7,14H,1,4-5,8-12,17H2. The molecule has 1 aliphatic heterocycles. The first-order valence-electron chi connectivity index (χ1n) is 7.36. The van der Waals surface area contributed by atoms with Gasteiger partial charge >= 0.3 is 0 Å². The molecule has 1 aromatic carbocycles. The van der Waals surface area contributed by atoms with Crippen LogP contribution in [-0.2, 0) is 11.2 Å². The summed E-state index contributed by atoms with van der Waals surface area (Å²) in [5.74, 6) is 1.01. The lowest BCUT2D eigenvalue weighted by Gasteiger charge is -2.33. The average Bonchev–Trinajstić information content (AvgIpc) is 2.82. The van der Waals surface area contributed by atoms with Crippen LogP contribution in [0, 0.1) is 0 Å². The topological polar surface area (TPSA) is 44.5 Å². The van der Waals surface area contributed by atoms with Crippen molar-refractivity contribution >= 4 is 0 Å². The normalized spacial score (nSPS) is 24.8. The van der Waals surface area contributed by atoms with Gasteiger partial charge in [0.25, 0.3) is 0 Å². The quantitative estimate of drug-likeness (QED) is 0.906. The molecule has 0 saturated heterocycles. The molecule has 3 nitrogen and oxygen atoms in total. The molecule has 2 N–H and O–H groups in total. The number of rotatable bonds is 4. The van der Waals surface area contributed by atoms with Gasteiger partial charge in [0.15, 0.2) is 0 Å². The second-order valence-corrected chi connectivity index (χ2v) is 5.99. The largest absolute Gasteiger partial charge is 0.487 e. The van der Waals surface area contributed by atoms with Crippen molar-refractivity contribution in [2.75, 3.05) is 13.2 Å². The second kappa shape index (κ2) is 5.51. The Morgan fingerprint density at radius 1 is 1.21 bits per heavy atom. The number of benzene rings is 1. The van der Waals surface area contributed by atoms with Crippen molar-refractivity contribution in [2.45, 2.75) is 50.2 Å². The molecule has 2 aliphatic rings. The van der Waals surface area contributed by atoms with Crippen LogP contribution in [0.5, 0.6) is 5.75 Å². The molecule has 1 atom stereocenters. The molecule has 1 aliphatic carbocycles. The van der Waals surface area contributed by atoms with Crippen LogP contribution in [0.3, 0.4) is 0 Å². The zero-order chi connectivity index (χ0) is 13.1. The van der Waals surface area contributed by atoms with Gasteiger partial charge in [-0.3, -0.25) is 0 Å². The Balaban J connectivity index is 1.44. The van der Waals surface area contributed by atoms with Crippen LogP contribution in [0.15, 0.2) is 24.3 Å². The van der Waals surface area contributed by atoms with Crippen molar-refractivity contribution in [2.24, 2.45) is 5.73 Å². The highest BCUT2D eigenvalue weighted by Crippen LogP contribution is 2.29. The summed E-state index contributed by atoms with van der Waals surface area (Å²) < 4.78 is 11.7. The zero-order valence-electron chi connectivity index (χ0n) is 11.4. The van der Waals surface area contributed by atoms with Crippen LogP contribution in [0.1, 0.15) is 37.7 Å². The maximum Gasteiger partial charge on any atom is 0.126 e. The fraction of sp³-hybridized carbons (Fsp3) is 0.625. The molecular formula is C16H23NO2. The average molecular weight is 261 g/mol. The minimum atomic E-state index is -0.0935. The molecule has 0 bridgehead atoms. The van der Waals surface area contributed by atoms with Crippen LogP contribution < -0.4 is 10.5 Å². The van der Waals surface area contributed by atoms with E-state index in [1.807, 2.05) is 12.1 Å². The number of ether oxygens (including phenoxy) is 2. The third-order valence-electron chi connectivity index (χ3n) is 4.26. The number of hydrogen-bond acceptors (Lipinski definition) is 3. The van der Waals surface area contributed by atoms with E-state index in [1.165, 1.54) is 24.8 Å². The molecule has 0 amide bonds. The summed E-state index contributed by atoms with van der Waals surface area (Å²) in [4.78, 5) is 0. The zero-order valence-corrected chi connectivity index (χ0v) is 11.4. The van der Waals surface area contributed by atoms with Crippen molar-refractivity contribution in [3.63, 3.8) is 0 Å². The highest BCUT2D eigenvalue weighted by molar-refractivity contribution is 5.37. The number of hydrogen-bond donors (Lipinski definition) is 1. The number of fused-ring (bicyclic) bond motifs is 1. The van der Waals surface area contributed by atoms with Crippen LogP contribution in [-0.4, -0.2) is 24.9 Å². The van der Waals surface area contributed by atoms with E-state index in [0.29, 0.717) is 13.2 Å². The molecule has 104 valence electrons. The SMILES string of the molecule is NC1(COCC2Cc3ccccc3O2)CCCCC1. The van der Waals surface area contributed by atoms with Gasteiger partial charge in [-0.1, -0.05) is 37.5 Å². The third kappa shape index (κ3) is 3.10. The summed E-state index contributed by atoms with van der Waals surface area (Å²) in [6.45, 7) is 1.32. The van der Waals surface area contributed by atoms with Crippen LogP contribution >= 0.6 is 0 Å². The summed E-state index contributed by atoms with van der Waals surface area (Å²) in [6.07, 6.45) is 7.10. The lowest BCUT2D eigenvalue weighted by molar-refractivity contribution is 0.0236. The Morgan fingerprint density at radius 3 is 2.79 bits per heavy atom. The van der Waals surface area contributed by atoms with E-state index in [2.05, 4.69) is 12.1 Å². The van der Waals surface area contributed by atoms with E-state index in [-0.39, 0.29) is 11.6 Å². The van der Waals surface area contributed by atoms with Gasteiger partial charge in [0.05, 0.1) is 13.2 Å². The van der Waals surface area contributed by atoms with Gasteiger partial charge in [-0.25, -0.2) is 0 Å². The number of nitrogens with two attached hydrogens (primary N) is 1. The van der Waals surface area contributed by atoms with Gasteiger partial charge in [-0.15, -0.1) is 0 Å². The van der Waals surface area contributed by atoms with E-state index < -0.39 is 0 Å². The summed E-state index contributed by atoms with van der Waals surface area (Å²) in [5.41, 5.74) is 7.56. The lowest BCUT2D eigenvalue weighted by Crippen LogP contribution is -2.46. The van der Waals surface area contributed by atoms with Crippen LogP contribution in [0.25, 0.3) is 0 Å². The molecule has 1 heterocycles. The lowest BCUT2D eigenvalue weighted by atomic mass is 9.83. The van der Waals surface area contributed by atoms with Gasteiger partial charge in [0.1, 0.15) is 11.9 Å². The molecule has 0 spiro atoms. The minimum absolute atomic E-state index is 0.0935. The van der Waals surface area contributed by atoms with E-state index in [4.69, 9.17) is 15.2 Å². The van der Waals surface area contributed by atoms with Gasteiger partial charge < -0.3 is 15.2 Å². The molecule has 1 aromatic rings. The predicted molar refractivity (Wildman–Crippen MR) is 75.4 cm³/mol. The molecule has 3 rings (SSSR count). The van der Waals surface area contributed by atoms with Crippen molar-refractivity contribution < 1.29 is 9.47 Å². The maximum absolute atomic E-state index is 6.36. The Kier molecular flexibility index (Phi) is 3.76. The summed E-state index contributed by atoms with van der Waals surface area (Å²) in [5, 5.41) is 0. The molecule has 1 fully saturated rings. The second-order valence-electron chi connectivity index (χ2n) is 5.99. The Labute approximate surface area is 115 Å². The van der Waals surface area contributed by atoms with Gasteiger partial charge in [-0.05, 0) is 24.5 Å². The Bertz CT molecular complexity index is 402. The molecule has 3 heteroatoms. The van der Waals surface area contributed by atoms with Gasteiger partial charge in [0, 0.05) is 12.0 Å². The van der Waals surface area contributed by atoms with Crippen molar-refractivity contribution in [1.82, 2.24) is 0 Å². The summed E-state index contributed by atoms with van der Waals surface area (Å²) in [6, 6.07) is 8.23. The third-order valence-corrected chi connectivity index (χ3v) is 4.26. The smallest absolute Gasteiger partial charge is 0.126 e. The molecule has 1 unspecified atom stereocenters. The minimum Gasteiger partial charge on any atom is -0.487 e. The summed E-state index contributed by atoms with van der Waals surface area (Å²) in [7, 11) is 0. The first-order chi connectivity index (χ1) is 9.25. The predicted octanol–water partition coefficient (Wildman–Crippen LogP) is 2.67. The van der Waals surface area contributed by atoms with Gasteiger partial charge in [0.2, 0.25) is 0 Å².